The number of amides is 2. The predicted molar refractivity (Wildman–Crippen MR) is 129 cm³/mol. The molecule has 0 unspecified atom stereocenters. The van der Waals surface area contributed by atoms with E-state index < -0.39 is 0 Å². The second kappa shape index (κ2) is 7.65. The Hall–Kier alpha value is -4.27. The first-order valence-corrected chi connectivity index (χ1v) is 11.2. The lowest BCUT2D eigenvalue weighted by Gasteiger charge is -2.42. The van der Waals surface area contributed by atoms with Gasteiger partial charge in [-0.15, -0.1) is 0 Å². The summed E-state index contributed by atoms with van der Waals surface area (Å²) in [7, 11) is 0. The van der Waals surface area contributed by atoms with E-state index in [1.807, 2.05) is 31.2 Å². The van der Waals surface area contributed by atoms with Crippen molar-refractivity contribution in [3.05, 3.63) is 67.1 Å². The molecule has 1 N–H and O–H groups in total. The van der Waals surface area contributed by atoms with Crippen LogP contribution in [0.4, 0.5) is 22.1 Å². The summed E-state index contributed by atoms with van der Waals surface area (Å²) in [6.45, 7) is 5.70. The van der Waals surface area contributed by atoms with Crippen molar-refractivity contribution in [1.29, 1.82) is 0 Å². The summed E-state index contributed by atoms with van der Waals surface area (Å²) in [4.78, 5) is 35.3. The standard InChI is InChI=1S/C25H23N7O2/c1-16-11-17(5-8-27-16)19-3-4-20-23(29-19)32(25(2)7-10-31(20)14-25)24(33)30-22-12-18(6-9-28-22)21-13-26-15-34-21/h3-6,8-9,11-13,15H,7,10,14H2,1-2H3,(H,28,30,33)/t25-/m1/s1. The Kier molecular flexibility index (Phi) is 4.58. The number of pyridine rings is 3. The van der Waals surface area contributed by atoms with Gasteiger partial charge in [-0.3, -0.25) is 15.2 Å². The zero-order chi connectivity index (χ0) is 23.3. The van der Waals surface area contributed by atoms with Gasteiger partial charge in [0.2, 0.25) is 0 Å². The van der Waals surface area contributed by atoms with Crippen LogP contribution in [0.15, 0.2) is 65.8 Å². The number of aryl methyl sites for hydroxylation is 1. The lowest BCUT2D eigenvalue weighted by Crippen LogP contribution is -2.56. The summed E-state index contributed by atoms with van der Waals surface area (Å²) >= 11 is 0. The van der Waals surface area contributed by atoms with Gasteiger partial charge in [-0.05, 0) is 56.7 Å². The van der Waals surface area contributed by atoms with Crippen LogP contribution in [0.5, 0.6) is 0 Å². The van der Waals surface area contributed by atoms with Crippen molar-refractivity contribution in [1.82, 2.24) is 19.9 Å². The number of oxazole rings is 1. The molecule has 6 heterocycles. The molecule has 0 aliphatic carbocycles. The maximum atomic E-state index is 13.7. The quantitative estimate of drug-likeness (QED) is 0.487. The van der Waals surface area contributed by atoms with Crippen molar-refractivity contribution in [2.24, 2.45) is 0 Å². The highest BCUT2D eigenvalue weighted by Gasteiger charge is 2.48. The Labute approximate surface area is 196 Å². The number of carbonyl (C=O) groups excluding carboxylic acids is 1. The number of nitrogens with one attached hydrogen (secondary N) is 1. The molecule has 4 aromatic heterocycles. The van der Waals surface area contributed by atoms with Crippen molar-refractivity contribution in [3.63, 3.8) is 0 Å². The van der Waals surface area contributed by atoms with Crippen LogP contribution in [0.1, 0.15) is 19.0 Å². The smallest absolute Gasteiger partial charge is 0.329 e. The maximum absolute atomic E-state index is 13.7. The number of fused-ring (bicyclic) bond motifs is 4. The molecule has 1 fully saturated rings. The zero-order valence-corrected chi connectivity index (χ0v) is 18.9. The largest absolute Gasteiger partial charge is 0.444 e. The van der Waals surface area contributed by atoms with Crippen molar-refractivity contribution >= 4 is 23.4 Å². The fourth-order valence-electron chi connectivity index (χ4n) is 4.82. The highest BCUT2D eigenvalue weighted by atomic mass is 16.3. The van der Waals surface area contributed by atoms with Crippen molar-refractivity contribution in [3.8, 4) is 22.6 Å². The van der Waals surface area contributed by atoms with Crippen LogP contribution < -0.4 is 15.1 Å². The van der Waals surface area contributed by atoms with Gasteiger partial charge in [-0.2, -0.15) is 0 Å². The Bertz CT molecular complexity index is 1390. The molecule has 1 atom stereocenters. The normalized spacial score (nSPS) is 18.6. The number of rotatable bonds is 3. The van der Waals surface area contributed by atoms with Crippen molar-refractivity contribution in [2.75, 3.05) is 28.2 Å². The van der Waals surface area contributed by atoms with Crippen LogP contribution in [0, 0.1) is 6.92 Å². The Morgan fingerprint density at radius 3 is 2.79 bits per heavy atom. The number of aromatic nitrogens is 4. The molecule has 9 nitrogen and oxygen atoms in total. The highest BCUT2D eigenvalue weighted by molar-refractivity contribution is 6.05. The number of carbonyl (C=O) groups is 1. The highest BCUT2D eigenvalue weighted by Crippen LogP contribution is 2.45. The Balaban J connectivity index is 1.38. The van der Waals surface area contributed by atoms with Gasteiger partial charge < -0.3 is 9.32 Å². The van der Waals surface area contributed by atoms with Gasteiger partial charge in [-0.25, -0.2) is 19.7 Å². The average Bonchev–Trinajstić information content (AvgIpc) is 3.48. The average molecular weight is 454 g/mol. The lowest BCUT2D eigenvalue weighted by atomic mass is 9.97. The van der Waals surface area contributed by atoms with Gasteiger partial charge in [-0.1, -0.05) is 0 Å². The minimum absolute atomic E-state index is 0.261. The van der Waals surface area contributed by atoms with Crippen molar-refractivity contribution < 1.29 is 9.21 Å². The number of anilines is 3. The van der Waals surface area contributed by atoms with Crippen LogP contribution >= 0.6 is 0 Å². The predicted octanol–water partition coefficient (Wildman–Crippen LogP) is 4.52. The molecule has 0 spiro atoms. The van der Waals surface area contributed by atoms with Crippen LogP contribution in [0.3, 0.4) is 0 Å². The Morgan fingerprint density at radius 2 is 1.97 bits per heavy atom. The topological polar surface area (TPSA) is 100 Å². The molecular weight excluding hydrogens is 430 g/mol. The first-order chi connectivity index (χ1) is 16.5. The summed E-state index contributed by atoms with van der Waals surface area (Å²) in [6.07, 6.45) is 7.27. The van der Waals surface area contributed by atoms with Gasteiger partial charge in [0.25, 0.3) is 0 Å². The third-order valence-electron chi connectivity index (χ3n) is 6.51. The summed E-state index contributed by atoms with van der Waals surface area (Å²) in [5.41, 5.74) is 4.06. The third kappa shape index (κ3) is 3.37. The molecule has 2 aliphatic rings. The van der Waals surface area contributed by atoms with E-state index in [0.717, 1.165) is 47.7 Å². The van der Waals surface area contributed by atoms with Gasteiger partial charge in [0.15, 0.2) is 18.0 Å². The molecule has 0 aromatic carbocycles. The molecule has 1 saturated heterocycles. The SMILES string of the molecule is Cc1cc(-c2ccc3c(n2)N(C(=O)Nc2cc(-c4cnco4)ccn2)[C@]2(C)CCN3C2)ccn1. The molecule has 34 heavy (non-hydrogen) atoms. The van der Waals surface area contributed by atoms with E-state index in [1.165, 1.54) is 6.39 Å². The van der Waals surface area contributed by atoms with E-state index in [2.05, 4.69) is 38.2 Å². The Morgan fingerprint density at radius 1 is 1.12 bits per heavy atom. The molecule has 6 rings (SSSR count). The summed E-state index contributed by atoms with van der Waals surface area (Å²) in [5.74, 6) is 1.70. The monoisotopic (exact) mass is 453 g/mol. The number of hydrogen-bond acceptors (Lipinski definition) is 7. The first kappa shape index (κ1) is 20.3. The van der Waals surface area contributed by atoms with Crippen molar-refractivity contribution in [2.45, 2.75) is 25.8 Å². The molecule has 0 saturated carbocycles. The molecule has 9 heteroatoms. The van der Waals surface area contributed by atoms with Gasteiger partial charge in [0, 0.05) is 42.3 Å². The molecule has 4 aromatic rings. The van der Waals surface area contributed by atoms with Gasteiger partial charge >= 0.3 is 6.03 Å². The summed E-state index contributed by atoms with van der Waals surface area (Å²) in [6, 6.07) is 11.3. The minimum atomic E-state index is -0.376. The molecule has 2 bridgehead atoms. The lowest BCUT2D eigenvalue weighted by molar-refractivity contribution is 0.250. The van der Waals surface area contributed by atoms with Crippen LogP contribution in [-0.4, -0.2) is 44.6 Å². The minimum Gasteiger partial charge on any atom is -0.444 e. The molecule has 2 aliphatic heterocycles. The number of hydrogen-bond donors (Lipinski definition) is 1. The zero-order valence-electron chi connectivity index (χ0n) is 18.9. The number of urea groups is 1. The first-order valence-electron chi connectivity index (χ1n) is 11.2. The van der Waals surface area contributed by atoms with Gasteiger partial charge in [0.1, 0.15) is 5.82 Å². The second-order valence-corrected chi connectivity index (χ2v) is 8.95. The second-order valence-electron chi connectivity index (χ2n) is 8.95. The third-order valence-corrected chi connectivity index (χ3v) is 6.51. The fourth-order valence-corrected chi connectivity index (χ4v) is 4.82. The van der Waals surface area contributed by atoms with E-state index >= 15 is 0 Å². The van der Waals surface area contributed by atoms with E-state index in [1.54, 1.807) is 29.6 Å². The van der Waals surface area contributed by atoms with Crippen LogP contribution in [0.25, 0.3) is 22.6 Å². The molecule has 170 valence electrons. The molecule has 0 radical (unpaired) electrons. The summed E-state index contributed by atoms with van der Waals surface area (Å²) < 4.78 is 5.38. The van der Waals surface area contributed by atoms with E-state index in [-0.39, 0.29) is 11.6 Å². The molecular formula is C25H23N7O2. The summed E-state index contributed by atoms with van der Waals surface area (Å²) in [5, 5.41) is 2.98. The van der Waals surface area contributed by atoms with Crippen LogP contribution in [0.2, 0.25) is 0 Å². The van der Waals surface area contributed by atoms with E-state index in [0.29, 0.717) is 17.4 Å². The fraction of sp³-hybridized carbons (Fsp3) is 0.240. The van der Waals surface area contributed by atoms with Gasteiger partial charge in [0.05, 0.1) is 23.1 Å². The maximum Gasteiger partial charge on any atom is 0.329 e. The van der Waals surface area contributed by atoms with Crippen LogP contribution in [-0.2, 0) is 0 Å². The van der Waals surface area contributed by atoms with E-state index in [9.17, 15) is 4.79 Å². The molecule has 2 amide bonds. The van der Waals surface area contributed by atoms with E-state index in [4.69, 9.17) is 9.40 Å². The number of nitrogens with zero attached hydrogens (tertiary/aromatic N) is 6.